The Hall–Kier alpha value is -0.410. The van der Waals surface area contributed by atoms with Gasteiger partial charge in [-0.1, -0.05) is 13.0 Å². The molecule has 2 N–H and O–H groups in total. The zero-order valence-electron chi connectivity index (χ0n) is 7.56. The van der Waals surface area contributed by atoms with Crippen molar-refractivity contribution in [2.75, 3.05) is 6.54 Å². The van der Waals surface area contributed by atoms with Crippen molar-refractivity contribution in [3.8, 4) is 0 Å². The van der Waals surface area contributed by atoms with Gasteiger partial charge in [-0.3, -0.25) is 0 Å². The minimum Gasteiger partial charge on any atom is -0.330 e. The molecular weight excluding hydrogens is 233 g/mol. The van der Waals surface area contributed by atoms with E-state index in [-0.39, 0.29) is 5.82 Å². The van der Waals surface area contributed by atoms with Crippen molar-refractivity contribution in [2.45, 2.75) is 13.3 Å². The normalized spacial score (nSPS) is 12.9. The topological polar surface area (TPSA) is 26.0 Å². The predicted molar refractivity (Wildman–Crippen MR) is 56.0 cm³/mol. The van der Waals surface area contributed by atoms with E-state index >= 15 is 0 Å². The Labute approximate surface area is 86.3 Å². The zero-order chi connectivity index (χ0) is 9.84. The molecular formula is C10H13BrFN. The van der Waals surface area contributed by atoms with Crippen molar-refractivity contribution < 1.29 is 4.39 Å². The second-order valence-corrected chi connectivity index (χ2v) is 4.15. The molecule has 0 heterocycles. The van der Waals surface area contributed by atoms with E-state index in [0.29, 0.717) is 16.9 Å². The SMILES string of the molecule is CC(CN)Cc1ccc(Br)c(F)c1. The third-order valence-electron chi connectivity index (χ3n) is 1.97. The lowest BCUT2D eigenvalue weighted by Gasteiger charge is -2.08. The number of benzene rings is 1. The van der Waals surface area contributed by atoms with Gasteiger partial charge in [0.15, 0.2) is 0 Å². The predicted octanol–water partition coefficient (Wildman–Crippen LogP) is 2.73. The first-order chi connectivity index (χ1) is 6.13. The summed E-state index contributed by atoms with van der Waals surface area (Å²) in [6.45, 7) is 2.69. The number of nitrogens with two attached hydrogens (primary N) is 1. The summed E-state index contributed by atoms with van der Waals surface area (Å²) in [5, 5.41) is 0. The molecule has 0 spiro atoms. The molecule has 0 aliphatic heterocycles. The first-order valence-electron chi connectivity index (χ1n) is 4.27. The molecule has 1 aromatic carbocycles. The molecule has 3 heteroatoms. The first kappa shape index (κ1) is 10.7. The molecule has 1 rings (SSSR count). The Morgan fingerprint density at radius 3 is 2.77 bits per heavy atom. The van der Waals surface area contributed by atoms with Gasteiger partial charge in [0.2, 0.25) is 0 Å². The second kappa shape index (κ2) is 4.72. The Morgan fingerprint density at radius 1 is 1.54 bits per heavy atom. The zero-order valence-corrected chi connectivity index (χ0v) is 9.14. The van der Waals surface area contributed by atoms with Crippen molar-refractivity contribution in [2.24, 2.45) is 11.7 Å². The highest BCUT2D eigenvalue weighted by Gasteiger charge is 2.04. The van der Waals surface area contributed by atoms with E-state index in [1.165, 1.54) is 0 Å². The van der Waals surface area contributed by atoms with Crippen LogP contribution in [-0.4, -0.2) is 6.54 Å². The van der Waals surface area contributed by atoms with Crippen LogP contribution in [0.5, 0.6) is 0 Å². The van der Waals surface area contributed by atoms with E-state index in [4.69, 9.17) is 5.73 Å². The summed E-state index contributed by atoms with van der Waals surface area (Å²) in [4.78, 5) is 0. The quantitative estimate of drug-likeness (QED) is 0.871. The molecule has 0 amide bonds. The molecule has 1 nitrogen and oxygen atoms in total. The molecule has 1 aromatic rings. The van der Waals surface area contributed by atoms with Gasteiger partial charge in [-0.25, -0.2) is 4.39 Å². The van der Waals surface area contributed by atoms with Crippen LogP contribution in [0.2, 0.25) is 0 Å². The fraction of sp³-hybridized carbons (Fsp3) is 0.400. The Kier molecular flexibility index (Phi) is 3.88. The van der Waals surface area contributed by atoms with Crippen LogP contribution in [0.3, 0.4) is 0 Å². The lowest BCUT2D eigenvalue weighted by molar-refractivity contribution is 0.582. The Bertz CT molecular complexity index is 288. The molecule has 0 saturated heterocycles. The summed E-state index contributed by atoms with van der Waals surface area (Å²) in [7, 11) is 0. The van der Waals surface area contributed by atoms with Gasteiger partial charge in [0.25, 0.3) is 0 Å². The molecule has 13 heavy (non-hydrogen) atoms. The third-order valence-corrected chi connectivity index (χ3v) is 2.61. The molecule has 0 fully saturated rings. The Balaban J connectivity index is 2.73. The maximum absolute atomic E-state index is 13.1. The maximum Gasteiger partial charge on any atom is 0.137 e. The molecule has 72 valence electrons. The van der Waals surface area contributed by atoms with E-state index < -0.39 is 0 Å². The van der Waals surface area contributed by atoms with E-state index in [0.717, 1.165) is 12.0 Å². The highest BCUT2D eigenvalue weighted by atomic mass is 79.9. The maximum atomic E-state index is 13.1. The van der Waals surface area contributed by atoms with Gasteiger partial charge < -0.3 is 5.73 Å². The number of hydrogen-bond acceptors (Lipinski definition) is 1. The highest BCUT2D eigenvalue weighted by Crippen LogP contribution is 2.18. The summed E-state index contributed by atoms with van der Waals surface area (Å²) in [6, 6.07) is 5.20. The van der Waals surface area contributed by atoms with Crippen LogP contribution in [0.25, 0.3) is 0 Å². The van der Waals surface area contributed by atoms with Crippen LogP contribution in [0.1, 0.15) is 12.5 Å². The van der Waals surface area contributed by atoms with Gasteiger partial charge in [0.1, 0.15) is 5.82 Å². The van der Waals surface area contributed by atoms with Crippen molar-refractivity contribution in [1.29, 1.82) is 0 Å². The minimum absolute atomic E-state index is 0.207. The van der Waals surface area contributed by atoms with Crippen LogP contribution >= 0.6 is 15.9 Å². The number of hydrogen-bond donors (Lipinski definition) is 1. The van der Waals surface area contributed by atoms with Gasteiger partial charge in [0.05, 0.1) is 4.47 Å². The summed E-state index contributed by atoms with van der Waals surface area (Å²) < 4.78 is 13.6. The van der Waals surface area contributed by atoms with E-state index in [2.05, 4.69) is 22.9 Å². The molecule has 0 saturated carbocycles. The lowest BCUT2D eigenvalue weighted by atomic mass is 10.0. The van der Waals surface area contributed by atoms with Crippen LogP contribution in [0, 0.1) is 11.7 Å². The molecule has 1 atom stereocenters. The van der Waals surface area contributed by atoms with Gasteiger partial charge in [-0.05, 0) is 52.5 Å². The monoisotopic (exact) mass is 245 g/mol. The van der Waals surface area contributed by atoms with Crippen LogP contribution in [0.4, 0.5) is 4.39 Å². The standard InChI is InChI=1S/C10H13BrFN/c1-7(6-13)4-8-2-3-9(11)10(12)5-8/h2-3,5,7H,4,6,13H2,1H3. The summed E-state index contributed by atoms with van der Waals surface area (Å²) in [5.41, 5.74) is 6.48. The van der Waals surface area contributed by atoms with E-state index in [1.54, 1.807) is 12.1 Å². The average Bonchev–Trinajstić information content (AvgIpc) is 2.11. The minimum atomic E-state index is -0.207. The Morgan fingerprint density at radius 2 is 2.23 bits per heavy atom. The third kappa shape index (κ3) is 3.08. The molecule has 0 radical (unpaired) electrons. The molecule has 1 unspecified atom stereocenters. The molecule has 0 aliphatic carbocycles. The molecule has 0 aromatic heterocycles. The summed E-state index contributed by atoms with van der Waals surface area (Å²) in [5.74, 6) is 0.197. The van der Waals surface area contributed by atoms with Crippen LogP contribution < -0.4 is 5.73 Å². The van der Waals surface area contributed by atoms with Gasteiger partial charge >= 0.3 is 0 Å². The fourth-order valence-corrected chi connectivity index (χ4v) is 1.40. The summed E-state index contributed by atoms with van der Waals surface area (Å²) >= 11 is 3.11. The van der Waals surface area contributed by atoms with Crippen molar-refractivity contribution in [3.63, 3.8) is 0 Å². The van der Waals surface area contributed by atoms with Crippen molar-refractivity contribution in [1.82, 2.24) is 0 Å². The van der Waals surface area contributed by atoms with Crippen molar-refractivity contribution >= 4 is 15.9 Å². The van der Waals surface area contributed by atoms with Crippen LogP contribution in [0.15, 0.2) is 22.7 Å². The van der Waals surface area contributed by atoms with Crippen LogP contribution in [-0.2, 0) is 6.42 Å². The van der Waals surface area contributed by atoms with Gasteiger partial charge in [0, 0.05) is 0 Å². The first-order valence-corrected chi connectivity index (χ1v) is 5.06. The summed E-state index contributed by atoms with van der Waals surface area (Å²) in [6.07, 6.45) is 0.834. The smallest absolute Gasteiger partial charge is 0.137 e. The fourth-order valence-electron chi connectivity index (χ4n) is 1.15. The molecule has 0 bridgehead atoms. The number of halogens is 2. The van der Waals surface area contributed by atoms with Gasteiger partial charge in [-0.15, -0.1) is 0 Å². The second-order valence-electron chi connectivity index (χ2n) is 3.29. The lowest BCUT2D eigenvalue weighted by Crippen LogP contribution is -2.13. The van der Waals surface area contributed by atoms with Gasteiger partial charge in [-0.2, -0.15) is 0 Å². The highest BCUT2D eigenvalue weighted by molar-refractivity contribution is 9.10. The van der Waals surface area contributed by atoms with E-state index in [1.807, 2.05) is 6.07 Å². The average molecular weight is 246 g/mol. The number of rotatable bonds is 3. The largest absolute Gasteiger partial charge is 0.330 e. The van der Waals surface area contributed by atoms with E-state index in [9.17, 15) is 4.39 Å². The molecule has 0 aliphatic rings. The van der Waals surface area contributed by atoms with Crippen molar-refractivity contribution in [3.05, 3.63) is 34.1 Å².